The number of rotatable bonds is 10. The Morgan fingerprint density at radius 2 is 1.94 bits per heavy atom. The molecule has 0 aliphatic carbocycles. The number of anilines is 1. The molecule has 0 spiro atoms. The largest absolute Gasteiger partial charge is 0.462 e. The molecule has 35 heavy (non-hydrogen) atoms. The predicted octanol–water partition coefficient (Wildman–Crippen LogP) is 2.42. The number of aryl methyl sites for hydroxylation is 1. The van der Waals surface area contributed by atoms with Crippen molar-refractivity contribution in [3.05, 3.63) is 27.2 Å². The maximum absolute atomic E-state index is 12.8. The average molecular weight is 527 g/mol. The van der Waals surface area contributed by atoms with Crippen LogP contribution >= 0.6 is 22.9 Å². The van der Waals surface area contributed by atoms with E-state index in [1.165, 1.54) is 0 Å². The molecule has 2 atom stereocenters. The molecule has 3 rings (SSSR count). The summed E-state index contributed by atoms with van der Waals surface area (Å²) in [7, 11) is 0. The van der Waals surface area contributed by atoms with Gasteiger partial charge in [0, 0.05) is 26.2 Å². The summed E-state index contributed by atoms with van der Waals surface area (Å²) >= 11 is 7.19. The van der Waals surface area contributed by atoms with Gasteiger partial charge in [-0.2, -0.15) is 0 Å². The number of hydrogen-bond acceptors (Lipinski definition) is 9. The molecule has 0 radical (unpaired) electrons. The molecule has 2 aromatic heterocycles. The Balaban J connectivity index is 1.77. The molecular weight excluding hydrogens is 496 g/mol. The van der Waals surface area contributed by atoms with Crippen LogP contribution < -0.4 is 15.5 Å². The Morgan fingerprint density at radius 1 is 1.17 bits per heavy atom. The van der Waals surface area contributed by atoms with Gasteiger partial charge in [-0.05, 0) is 33.6 Å². The molecule has 1 aliphatic heterocycles. The van der Waals surface area contributed by atoms with Crippen molar-refractivity contribution in [3.63, 3.8) is 0 Å². The van der Waals surface area contributed by atoms with Crippen molar-refractivity contribution in [2.75, 3.05) is 37.7 Å². The second-order valence-electron chi connectivity index (χ2n) is 7.77. The van der Waals surface area contributed by atoms with E-state index in [9.17, 15) is 14.4 Å². The minimum Gasteiger partial charge on any atom is -0.462 e. The van der Waals surface area contributed by atoms with Crippen molar-refractivity contribution in [1.82, 2.24) is 25.6 Å². The number of amides is 2. The average Bonchev–Trinajstić information content (AvgIpc) is 3.45. The Kier molecular flexibility index (Phi) is 9.47. The molecule has 3 heterocycles. The molecule has 2 amide bonds. The summed E-state index contributed by atoms with van der Waals surface area (Å²) in [6.45, 7) is 9.32. The van der Waals surface area contributed by atoms with Crippen molar-refractivity contribution in [1.29, 1.82) is 0 Å². The smallest absolute Gasteiger partial charge is 0.350 e. The molecule has 1 aliphatic rings. The van der Waals surface area contributed by atoms with Gasteiger partial charge in [0.1, 0.15) is 4.88 Å². The number of hydrogen-bond donors (Lipinski definition) is 3. The molecule has 11 nitrogen and oxygen atoms in total. The van der Waals surface area contributed by atoms with Crippen LogP contribution in [0.1, 0.15) is 70.6 Å². The Labute approximate surface area is 212 Å². The van der Waals surface area contributed by atoms with Crippen LogP contribution in [-0.4, -0.2) is 77.7 Å². The zero-order valence-corrected chi connectivity index (χ0v) is 21.8. The molecule has 192 valence electrons. The maximum atomic E-state index is 12.8. The van der Waals surface area contributed by atoms with Gasteiger partial charge in [0.15, 0.2) is 21.8 Å². The molecule has 0 bridgehead atoms. The number of thiazole rings is 1. The van der Waals surface area contributed by atoms with Gasteiger partial charge in [0.05, 0.1) is 24.4 Å². The van der Waals surface area contributed by atoms with Crippen LogP contribution in [0.3, 0.4) is 0 Å². The van der Waals surface area contributed by atoms with Gasteiger partial charge in [-0.3, -0.25) is 9.59 Å². The molecule has 1 saturated heterocycles. The fourth-order valence-electron chi connectivity index (χ4n) is 3.78. The molecule has 0 unspecified atom stereocenters. The van der Waals surface area contributed by atoms with Crippen molar-refractivity contribution in [2.24, 2.45) is 0 Å². The molecule has 0 aromatic carbocycles. The number of piperidine rings is 1. The lowest BCUT2D eigenvalue weighted by atomic mass is 10.0. The number of halogens is 1. The highest BCUT2D eigenvalue weighted by atomic mass is 35.5. The van der Waals surface area contributed by atoms with Crippen LogP contribution in [-0.2, 0) is 15.9 Å². The maximum Gasteiger partial charge on any atom is 0.350 e. The van der Waals surface area contributed by atoms with Crippen LogP contribution in [0.5, 0.6) is 0 Å². The number of imidazole rings is 1. The first-order valence-corrected chi connectivity index (χ1v) is 12.9. The first-order valence-electron chi connectivity index (χ1n) is 11.7. The summed E-state index contributed by atoms with van der Waals surface area (Å²) < 4.78 is 11.1. The summed E-state index contributed by atoms with van der Waals surface area (Å²) in [5.41, 5.74) is 0.757. The van der Waals surface area contributed by atoms with Crippen LogP contribution in [0.2, 0.25) is 5.15 Å². The number of aromatic nitrogens is 3. The molecule has 0 saturated carbocycles. The lowest BCUT2D eigenvalue weighted by Crippen LogP contribution is -2.55. The minimum atomic E-state index is -0.579. The zero-order chi connectivity index (χ0) is 25.5. The Bertz CT molecular complexity index is 1020. The number of aromatic amines is 1. The summed E-state index contributed by atoms with van der Waals surface area (Å²) in [5, 5.41) is 6.49. The second-order valence-corrected chi connectivity index (χ2v) is 9.11. The van der Waals surface area contributed by atoms with E-state index in [-0.39, 0.29) is 46.2 Å². The summed E-state index contributed by atoms with van der Waals surface area (Å²) in [6, 6.07) is -0.264. The standard InChI is InChI=1S/C22H31ClN6O5S/c1-5-12-17(23)28-18(25-12)20(31)26-13-9-10-29(11-14(13)33-7-3)22-27-15(19(30)24-6-2)16(35-22)21(32)34-8-4/h13-14H,5-11H2,1-4H3,(H,24,30)(H,25,28)(H,26,31)/t13-,14+/m0/s1. The molecule has 3 N–H and O–H groups in total. The van der Waals surface area contributed by atoms with Gasteiger partial charge >= 0.3 is 5.97 Å². The third kappa shape index (κ3) is 6.30. The molecule has 13 heteroatoms. The molecule has 1 fully saturated rings. The lowest BCUT2D eigenvalue weighted by molar-refractivity contribution is 0.0271. The summed E-state index contributed by atoms with van der Waals surface area (Å²) in [4.78, 5) is 51.4. The molecule has 2 aromatic rings. The number of carbonyl (C=O) groups excluding carboxylic acids is 3. The molecular formula is C22H31ClN6O5S. The highest BCUT2D eigenvalue weighted by Crippen LogP contribution is 2.30. The van der Waals surface area contributed by atoms with Crippen molar-refractivity contribution < 1.29 is 23.9 Å². The predicted molar refractivity (Wildman–Crippen MR) is 133 cm³/mol. The zero-order valence-electron chi connectivity index (χ0n) is 20.3. The van der Waals surface area contributed by atoms with E-state index in [0.717, 1.165) is 11.3 Å². The number of esters is 1. The Hall–Kier alpha value is -2.70. The first kappa shape index (κ1) is 26.9. The quantitative estimate of drug-likeness (QED) is 0.401. The fourth-order valence-corrected chi connectivity index (χ4v) is 5.04. The minimum absolute atomic E-state index is 0.0510. The van der Waals surface area contributed by atoms with Crippen molar-refractivity contribution in [2.45, 2.75) is 52.7 Å². The van der Waals surface area contributed by atoms with E-state index in [2.05, 4.69) is 25.6 Å². The highest BCUT2D eigenvalue weighted by Gasteiger charge is 2.34. The van der Waals surface area contributed by atoms with Gasteiger partial charge < -0.3 is 30.0 Å². The van der Waals surface area contributed by atoms with E-state index in [4.69, 9.17) is 21.1 Å². The van der Waals surface area contributed by atoms with E-state index in [1.54, 1.807) is 13.8 Å². The van der Waals surface area contributed by atoms with Crippen molar-refractivity contribution >= 4 is 45.9 Å². The SMILES string of the molecule is CCNC(=O)c1nc(N2CC[C@H](NC(=O)c3nc(Cl)c(CC)[nH]3)[C@H](OCC)C2)sc1C(=O)OCC. The summed E-state index contributed by atoms with van der Waals surface area (Å²) in [5.74, 6) is -1.20. The van der Waals surface area contributed by atoms with E-state index in [0.29, 0.717) is 49.9 Å². The van der Waals surface area contributed by atoms with Gasteiger partial charge in [-0.15, -0.1) is 0 Å². The number of nitrogens with one attached hydrogen (secondary N) is 3. The Morgan fingerprint density at radius 3 is 2.57 bits per heavy atom. The van der Waals surface area contributed by atoms with Crippen LogP contribution in [0.15, 0.2) is 0 Å². The van der Waals surface area contributed by atoms with Gasteiger partial charge in [-0.1, -0.05) is 29.9 Å². The van der Waals surface area contributed by atoms with E-state index in [1.807, 2.05) is 18.7 Å². The number of ether oxygens (including phenoxy) is 2. The monoisotopic (exact) mass is 526 g/mol. The van der Waals surface area contributed by atoms with Crippen molar-refractivity contribution in [3.8, 4) is 0 Å². The topological polar surface area (TPSA) is 139 Å². The van der Waals surface area contributed by atoms with E-state index < -0.39 is 11.9 Å². The lowest BCUT2D eigenvalue weighted by Gasteiger charge is -2.38. The van der Waals surface area contributed by atoms with Crippen LogP contribution in [0.25, 0.3) is 0 Å². The van der Waals surface area contributed by atoms with Gasteiger partial charge in [-0.25, -0.2) is 14.8 Å². The number of carbonyl (C=O) groups is 3. The van der Waals surface area contributed by atoms with Gasteiger partial charge in [0.25, 0.3) is 11.8 Å². The third-order valence-corrected chi connectivity index (χ3v) is 6.86. The van der Waals surface area contributed by atoms with Crippen LogP contribution in [0.4, 0.5) is 5.13 Å². The normalized spacial score (nSPS) is 17.8. The van der Waals surface area contributed by atoms with Gasteiger partial charge in [0.2, 0.25) is 0 Å². The first-order chi connectivity index (χ1) is 16.8. The highest BCUT2D eigenvalue weighted by molar-refractivity contribution is 7.17. The van der Waals surface area contributed by atoms with Crippen LogP contribution in [0, 0.1) is 0 Å². The second kappa shape index (κ2) is 12.3. The third-order valence-electron chi connectivity index (χ3n) is 5.45. The van der Waals surface area contributed by atoms with E-state index >= 15 is 0 Å². The fraction of sp³-hybridized carbons (Fsp3) is 0.591. The summed E-state index contributed by atoms with van der Waals surface area (Å²) in [6.07, 6.45) is 0.867. The number of H-pyrrole nitrogens is 1. The number of nitrogens with zero attached hydrogens (tertiary/aromatic N) is 3.